The van der Waals surface area contributed by atoms with E-state index in [1.54, 1.807) is 7.11 Å². The molecule has 1 aliphatic heterocycles. The zero-order valence-electron chi connectivity index (χ0n) is 11.0. The smallest absolute Gasteiger partial charge is 0.231 e. The average molecular weight is 336 g/mol. The Balaban J connectivity index is 1.78. The van der Waals surface area contributed by atoms with Crippen LogP contribution in [0.25, 0.3) is 0 Å². The van der Waals surface area contributed by atoms with Crippen molar-refractivity contribution >= 4 is 21.6 Å². The van der Waals surface area contributed by atoms with E-state index in [0.717, 1.165) is 21.5 Å². The van der Waals surface area contributed by atoms with Crippen LogP contribution in [-0.4, -0.2) is 13.9 Å². The number of anilines is 1. The highest BCUT2D eigenvalue weighted by Crippen LogP contribution is 2.41. The van der Waals surface area contributed by atoms with E-state index in [2.05, 4.69) is 21.2 Å². The van der Waals surface area contributed by atoms with Gasteiger partial charge in [0.05, 0.1) is 7.11 Å². The van der Waals surface area contributed by atoms with Gasteiger partial charge in [-0.1, -0.05) is 22.0 Å². The molecule has 2 aromatic carbocycles. The molecule has 0 bridgehead atoms. The summed E-state index contributed by atoms with van der Waals surface area (Å²) in [4.78, 5) is 0. The molecule has 0 amide bonds. The van der Waals surface area contributed by atoms with Crippen molar-refractivity contribution in [3.8, 4) is 17.2 Å². The lowest BCUT2D eigenvalue weighted by atomic mass is 10.1. The summed E-state index contributed by atoms with van der Waals surface area (Å²) in [5.74, 6) is 2.11. The van der Waals surface area contributed by atoms with E-state index in [9.17, 15) is 0 Å². The maximum Gasteiger partial charge on any atom is 0.231 e. The van der Waals surface area contributed by atoms with Crippen LogP contribution in [0.1, 0.15) is 5.56 Å². The molecule has 1 heterocycles. The van der Waals surface area contributed by atoms with Crippen molar-refractivity contribution in [2.75, 3.05) is 19.2 Å². The van der Waals surface area contributed by atoms with Crippen molar-refractivity contribution in [2.45, 2.75) is 6.54 Å². The molecule has 4 nitrogen and oxygen atoms in total. The second-order valence-corrected chi connectivity index (χ2v) is 5.31. The summed E-state index contributed by atoms with van der Waals surface area (Å²) < 4.78 is 17.2. The van der Waals surface area contributed by atoms with Crippen molar-refractivity contribution in [1.29, 1.82) is 0 Å². The second-order valence-electron chi connectivity index (χ2n) is 4.40. The van der Waals surface area contributed by atoms with Crippen LogP contribution in [0.4, 0.5) is 5.69 Å². The SMILES string of the molecule is COc1cc(CNc2cccc(Br)c2)cc2c1OCO2. The summed E-state index contributed by atoms with van der Waals surface area (Å²) in [6.07, 6.45) is 0. The molecule has 5 heteroatoms. The average Bonchev–Trinajstić information content (AvgIpc) is 2.92. The third-order valence-corrected chi connectivity index (χ3v) is 3.53. The van der Waals surface area contributed by atoms with Gasteiger partial charge >= 0.3 is 0 Å². The molecule has 1 aliphatic rings. The fraction of sp³-hybridized carbons (Fsp3) is 0.200. The molecule has 0 spiro atoms. The molecule has 0 saturated carbocycles. The van der Waals surface area contributed by atoms with Crippen molar-refractivity contribution < 1.29 is 14.2 Å². The number of halogens is 1. The minimum atomic E-state index is 0.244. The first kappa shape index (κ1) is 13.1. The molecule has 0 atom stereocenters. The largest absolute Gasteiger partial charge is 0.493 e. The lowest BCUT2D eigenvalue weighted by Crippen LogP contribution is -2.00. The van der Waals surface area contributed by atoms with Crippen molar-refractivity contribution in [3.63, 3.8) is 0 Å². The summed E-state index contributed by atoms with van der Waals surface area (Å²) >= 11 is 3.46. The van der Waals surface area contributed by atoms with Gasteiger partial charge in [-0.15, -0.1) is 0 Å². The molecule has 104 valence electrons. The fourth-order valence-electron chi connectivity index (χ4n) is 2.09. The molecule has 2 aromatic rings. The van der Waals surface area contributed by atoms with E-state index in [4.69, 9.17) is 14.2 Å². The van der Waals surface area contributed by atoms with Gasteiger partial charge in [0.2, 0.25) is 12.5 Å². The summed E-state index contributed by atoms with van der Waals surface area (Å²) in [7, 11) is 1.63. The second kappa shape index (κ2) is 5.63. The number of ether oxygens (including phenoxy) is 3. The quantitative estimate of drug-likeness (QED) is 0.922. The fourth-order valence-corrected chi connectivity index (χ4v) is 2.49. The highest BCUT2D eigenvalue weighted by Gasteiger charge is 2.19. The van der Waals surface area contributed by atoms with Crippen LogP contribution < -0.4 is 19.5 Å². The topological polar surface area (TPSA) is 39.7 Å². The Morgan fingerprint density at radius 3 is 2.95 bits per heavy atom. The Bertz CT molecular complexity index is 631. The molecule has 1 N–H and O–H groups in total. The molecule has 0 radical (unpaired) electrons. The van der Waals surface area contributed by atoms with Gasteiger partial charge in [0.25, 0.3) is 0 Å². The van der Waals surface area contributed by atoms with E-state index in [1.807, 2.05) is 36.4 Å². The Kier molecular flexibility index (Phi) is 3.69. The van der Waals surface area contributed by atoms with Gasteiger partial charge in [-0.05, 0) is 35.9 Å². The third-order valence-electron chi connectivity index (χ3n) is 3.04. The molecule has 20 heavy (non-hydrogen) atoms. The molecular formula is C15H14BrNO3. The normalized spacial score (nSPS) is 12.3. The lowest BCUT2D eigenvalue weighted by molar-refractivity contribution is 0.171. The number of nitrogens with one attached hydrogen (secondary N) is 1. The highest BCUT2D eigenvalue weighted by molar-refractivity contribution is 9.10. The van der Waals surface area contributed by atoms with Gasteiger partial charge in [0.1, 0.15) is 0 Å². The van der Waals surface area contributed by atoms with Gasteiger partial charge in [-0.2, -0.15) is 0 Å². The van der Waals surface area contributed by atoms with Crippen LogP contribution in [0, 0.1) is 0 Å². The molecular weight excluding hydrogens is 322 g/mol. The Morgan fingerprint density at radius 2 is 2.15 bits per heavy atom. The van der Waals surface area contributed by atoms with Crippen molar-refractivity contribution in [2.24, 2.45) is 0 Å². The van der Waals surface area contributed by atoms with Crippen LogP contribution in [0.3, 0.4) is 0 Å². The van der Waals surface area contributed by atoms with Crippen LogP contribution in [0.15, 0.2) is 40.9 Å². The zero-order chi connectivity index (χ0) is 13.9. The molecule has 0 saturated heterocycles. The Hall–Kier alpha value is -1.88. The van der Waals surface area contributed by atoms with Gasteiger partial charge < -0.3 is 19.5 Å². The van der Waals surface area contributed by atoms with E-state index >= 15 is 0 Å². The van der Waals surface area contributed by atoms with Crippen LogP contribution in [0.5, 0.6) is 17.2 Å². The van der Waals surface area contributed by atoms with Crippen LogP contribution in [0.2, 0.25) is 0 Å². The molecule has 0 unspecified atom stereocenters. The van der Waals surface area contributed by atoms with E-state index in [0.29, 0.717) is 18.0 Å². The Morgan fingerprint density at radius 1 is 1.25 bits per heavy atom. The van der Waals surface area contributed by atoms with Gasteiger partial charge in [-0.3, -0.25) is 0 Å². The first-order chi connectivity index (χ1) is 9.76. The third kappa shape index (κ3) is 2.67. The zero-order valence-corrected chi connectivity index (χ0v) is 12.6. The lowest BCUT2D eigenvalue weighted by Gasteiger charge is -2.10. The summed E-state index contributed by atoms with van der Waals surface area (Å²) in [6, 6.07) is 12.0. The van der Waals surface area contributed by atoms with Crippen LogP contribution >= 0.6 is 15.9 Å². The van der Waals surface area contributed by atoms with Crippen molar-refractivity contribution in [3.05, 3.63) is 46.4 Å². The first-order valence-electron chi connectivity index (χ1n) is 6.22. The van der Waals surface area contributed by atoms with Gasteiger partial charge in [0.15, 0.2) is 11.5 Å². The predicted octanol–water partition coefficient (Wildman–Crippen LogP) is 3.80. The number of methoxy groups -OCH3 is 1. The molecule has 0 aromatic heterocycles. The van der Waals surface area contributed by atoms with E-state index < -0.39 is 0 Å². The standard InChI is InChI=1S/C15H14BrNO3/c1-18-13-5-10(6-14-15(13)20-9-19-14)8-17-12-4-2-3-11(16)7-12/h2-7,17H,8-9H2,1H3. The molecule has 0 fully saturated rings. The predicted molar refractivity (Wildman–Crippen MR) is 80.6 cm³/mol. The number of hydrogen-bond donors (Lipinski definition) is 1. The number of rotatable bonds is 4. The molecule has 3 rings (SSSR count). The summed E-state index contributed by atoms with van der Waals surface area (Å²) in [6.45, 7) is 0.928. The van der Waals surface area contributed by atoms with Crippen molar-refractivity contribution in [1.82, 2.24) is 0 Å². The van der Waals surface area contributed by atoms with Crippen LogP contribution in [-0.2, 0) is 6.54 Å². The molecule has 0 aliphatic carbocycles. The Labute approximate surface area is 125 Å². The highest BCUT2D eigenvalue weighted by atomic mass is 79.9. The minimum Gasteiger partial charge on any atom is -0.493 e. The summed E-state index contributed by atoms with van der Waals surface area (Å²) in [5.41, 5.74) is 2.13. The van der Waals surface area contributed by atoms with Gasteiger partial charge in [0, 0.05) is 16.7 Å². The number of benzene rings is 2. The van der Waals surface area contributed by atoms with E-state index in [1.165, 1.54) is 0 Å². The number of fused-ring (bicyclic) bond motifs is 1. The minimum absolute atomic E-state index is 0.244. The monoisotopic (exact) mass is 335 g/mol. The first-order valence-corrected chi connectivity index (χ1v) is 7.01. The maximum atomic E-state index is 5.42. The summed E-state index contributed by atoms with van der Waals surface area (Å²) in [5, 5.41) is 3.36. The number of hydrogen-bond acceptors (Lipinski definition) is 4. The van der Waals surface area contributed by atoms with Gasteiger partial charge in [-0.25, -0.2) is 0 Å². The maximum absolute atomic E-state index is 5.42. The van der Waals surface area contributed by atoms with E-state index in [-0.39, 0.29) is 6.79 Å².